The van der Waals surface area contributed by atoms with Crippen LogP contribution < -0.4 is 10.1 Å². The molecule has 1 fully saturated rings. The van der Waals surface area contributed by atoms with E-state index >= 15 is 0 Å². The average molecular weight is 439 g/mol. The van der Waals surface area contributed by atoms with Crippen molar-refractivity contribution in [2.75, 3.05) is 0 Å². The summed E-state index contributed by atoms with van der Waals surface area (Å²) in [6, 6.07) is 17.5. The van der Waals surface area contributed by atoms with Crippen molar-refractivity contribution in [1.82, 2.24) is 20.0 Å². The van der Waals surface area contributed by atoms with E-state index in [-0.39, 0.29) is 18.1 Å². The summed E-state index contributed by atoms with van der Waals surface area (Å²) in [7, 11) is 1.85. The van der Waals surface area contributed by atoms with Crippen LogP contribution in [0.3, 0.4) is 0 Å². The SMILES string of the molecule is CC(C)NC(=O)N(Cc1c(-c2ccccc2)nn(C)c1Oc1ccccc1Cl)C1CC1. The molecule has 0 unspecified atom stereocenters. The zero-order valence-electron chi connectivity index (χ0n) is 18.0. The van der Waals surface area contributed by atoms with Crippen molar-refractivity contribution in [2.24, 2.45) is 7.05 Å². The summed E-state index contributed by atoms with van der Waals surface area (Å²) >= 11 is 6.35. The lowest BCUT2D eigenvalue weighted by molar-refractivity contribution is 0.189. The highest BCUT2D eigenvalue weighted by Crippen LogP contribution is 2.38. The van der Waals surface area contributed by atoms with Gasteiger partial charge in [0.1, 0.15) is 11.4 Å². The largest absolute Gasteiger partial charge is 0.437 e. The molecule has 1 N–H and O–H groups in total. The Bertz CT molecular complexity index is 1060. The van der Waals surface area contributed by atoms with E-state index in [1.807, 2.05) is 74.3 Å². The van der Waals surface area contributed by atoms with E-state index < -0.39 is 0 Å². The standard InChI is InChI=1S/C24H27ClN4O2/c1-16(2)26-24(30)29(18-13-14-18)15-19-22(17-9-5-4-6-10-17)27-28(3)23(19)31-21-12-8-7-11-20(21)25/h4-12,16,18H,13-15H2,1-3H3,(H,26,30). The lowest BCUT2D eigenvalue weighted by atomic mass is 10.1. The van der Waals surface area contributed by atoms with Crippen LogP contribution in [0.2, 0.25) is 5.02 Å². The van der Waals surface area contributed by atoms with Crippen molar-refractivity contribution in [3.8, 4) is 22.9 Å². The molecule has 0 aliphatic heterocycles. The molecule has 0 bridgehead atoms. The molecule has 3 aromatic rings. The monoisotopic (exact) mass is 438 g/mol. The van der Waals surface area contributed by atoms with Crippen LogP contribution in [0, 0.1) is 0 Å². The summed E-state index contributed by atoms with van der Waals surface area (Å²) in [4.78, 5) is 14.8. The zero-order valence-corrected chi connectivity index (χ0v) is 18.8. The second-order valence-electron chi connectivity index (χ2n) is 8.12. The number of aryl methyl sites for hydroxylation is 1. The number of para-hydroxylation sites is 1. The van der Waals surface area contributed by atoms with E-state index in [1.54, 1.807) is 10.7 Å². The number of urea groups is 1. The number of nitrogens with zero attached hydrogens (tertiary/aromatic N) is 3. The maximum Gasteiger partial charge on any atom is 0.318 e. The second-order valence-corrected chi connectivity index (χ2v) is 8.52. The van der Waals surface area contributed by atoms with Crippen LogP contribution in [-0.2, 0) is 13.6 Å². The first-order chi connectivity index (χ1) is 14.9. The van der Waals surface area contributed by atoms with Crippen molar-refractivity contribution in [3.05, 3.63) is 65.2 Å². The quantitative estimate of drug-likeness (QED) is 0.521. The summed E-state index contributed by atoms with van der Waals surface area (Å²) in [5, 5.41) is 8.30. The minimum atomic E-state index is -0.0657. The van der Waals surface area contributed by atoms with Crippen LogP contribution in [0.25, 0.3) is 11.3 Å². The Morgan fingerprint density at radius 3 is 2.52 bits per heavy atom. The van der Waals surface area contributed by atoms with E-state index in [4.69, 9.17) is 21.4 Å². The molecule has 2 amide bonds. The van der Waals surface area contributed by atoms with E-state index in [0.717, 1.165) is 29.7 Å². The minimum absolute atomic E-state index is 0.0649. The number of aromatic nitrogens is 2. The molecule has 1 aliphatic carbocycles. The van der Waals surface area contributed by atoms with E-state index in [2.05, 4.69) is 5.32 Å². The summed E-state index contributed by atoms with van der Waals surface area (Å²) in [6.07, 6.45) is 2.01. The predicted molar refractivity (Wildman–Crippen MR) is 122 cm³/mol. The average Bonchev–Trinajstić information content (AvgIpc) is 3.53. The fourth-order valence-electron chi connectivity index (χ4n) is 3.54. The third-order valence-electron chi connectivity index (χ3n) is 5.17. The Hall–Kier alpha value is -2.99. The van der Waals surface area contributed by atoms with E-state index in [0.29, 0.717) is 23.2 Å². The van der Waals surface area contributed by atoms with Gasteiger partial charge in [-0.1, -0.05) is 54.1 Å². The normalized spacial score (nSPS) is 13.3. The highest BCUT2D eigenvalue weighted by Gasteiger charge is 2.35. The lowest BCUT2D eigenvalue weighted by Crippen LogP contribution is -2.43. The number of hydrogen-bond donors (Lipinski definition) is 1. The lowest BCUT2D eigenvalue weighted by Gasteiger charge is -2.24. The number of benzene rings is 2. The van der Waals surface area contributed by atoms with Gasteiger partial charge in [-0.2, -0.15) is 5.10 Å². The number of nitrogens with one attached hydrogen (secondary N) is 1. The van der Waals surface area contributed by atoms with Crippen molar-refractivity contribution in [1.29, 1.82) is 0 Å². The Kier molecular flexibility index (Phi) is 6.18. The van der Waals surface area contributed by atoms with Gasteiger partial charge >= 0.3 is 6.03 Å². The van der Waals surface area contributed by atoms with Gasteiger partial charge in [-0.15, -0.1) is 0 Å². The van der Waals surface area contributed by atoms with Gasteiger partial charge in [0.05, 0.1) is 17.1 Å². The number of hydrogen-bond acceptors (Lipinski definition) is 3. The van der Waals surface area contributed by atoms with Crippen LogP contribution in [0.4, 0.5) is 4.79 Å². The predicted octanol–water partition coefficient (Wildman–Crippen LogP) is 5.62. The van der Waals surface area contributed by atoms with Crippen LogP contribution in [-0.4, -0.2) is 32.8 Å². The molecule has 0 spiro atoms. The molecule has 2 aromatic carbocycles. The smallest absolute Gasteiger partial charge is 0.318 e. The number of carbonyl (C=O) groups excluding carboxylic acids is 1. The topological polar surface area (TPSA) is 59.4 Å². The number of ether oxygens (including phenoxy) is 1. The van der Waals surface area contributed by atoms with Crippen molar-refractivity contribution >= 4 is 17.6 Å². The molecule has 0 saturated heterocycles. The van der Waals surface area contributed by atoms with Crippen molar-refractivity contribution in [2.45, 2.75) is 45.3 Å². The number of rotatable bonds is 7. The van der Waals surface area contributed by atoms with Gasteiger partial charge < -0.3 is 15.0 Å². The molecular weight excluding hydrogens is 412 g/mol. The Morgan fingerprint density at radius 2 is 1.87 bits per heavy atom. The molecule has 162 valence electrons. The highest BCUT2D eigenvalue weighted by molar-refractivity contribution is 6.32. The van der Waals surface area contributed by atoms with E-state index in [9.17, 15) is 4.79 Å². The molecule has 1 aromatic heterocycles. The maximum absolute atomic E-state index is 12.9. The van der Waals surface area contributed by atoms with Gasteiger partial charge in [0.2, 0.25) is 5.88 Å². The van der Waals surface area contributed by atoms with Gasteiger partial charge in [-0.3, -0.25) is 0 Å². The summed E-state index contributed by atoms with van der Waals surface area (Å²) in [5.74, 6) is 1.13. The molecule has 6 nitrogen and oxygen atoms in total. The molecule has 31 heavy (non-hydrogen) atoms. The van der Waals surface area contributed by atoms with Gasteiger partial charge in [-0.05, 0) is 38.8 Å². The highest BCUT2D eigenvalue weighted by atomic mass is 35.5. The number of halogens is 1. The Labute approximate surface area is 187 Å². The molecule has 1 heterocycles. The minimum Gasteiger partial charge on any atom is -0.437 e. The first-order valence-corrected chi connectivity index (χ1v) is 10.9. The van der Waals surface area contributed by atoms with Crippen LogP contribution in [0.1, 0.15) is 32.3 Å². The summed E-state index contributed by atoms with van der Waals surface area (Å²) in [6.45, 7) is 4.34. The Morgan fingerprint density at radius 1 is 1.19 bits per heavy atom. The van der Waals surface area contributed by atoms with Crippen LogP contribution >= 0.6 is 11.6 Å². The summed E-state index contributed by atoms with van der Waals surface area (Å²) < 4.78 is 7.96. The fourth-order valence-corrected chi connectivity index (χ4v) is 3.71. The van der Waals surface area contributed by atoms with Gasteiger partial charge in [0.15, 0.2) is 0 Å². The first-order valence-electron chi connectivity index (χ1n) is 10.5. The third kappa shape index (κ3) is 4.85. The van der Waals surface area contributed by atoms with Crippen molar-refractivity contribution in [3.63, 3.8) is 0 Å². The third-order valence-corrected chi connectivity index (χ3v) is 5.48. The molecule has 7 heteroatoms. The van der Waals surface area contributed by atoms with Gasteiger partial charge in [0.25, 0.3) is 0 Å². The number of carbonyl (C=O) groups is 1. The molecular formula is C24H27ClN4O2. The Balaban J connectivity index is 1.76. The molecule has 1 saturated carbocycles. The molecule has 1 aliphatic rings. The fraction of sp³-hybridized carbons (Fsp3) is 0.333. The first kappa shape index (κ1) is 21.2. The molecule has 0 atom stereocenters. The summed E-state index contributed by atoms with van der Waals surface area (Å²) in [5.41, 5.74) is 2.63. The van der Waals surface area contributed by atoms with Gasteiger partial charge in [-0.25, -0.2) is 9.48 Å². The molecule has 4 rings (SSSR count). The van der Waals surface area contributed by atoms with Crippen LogP contribution in [0.5, 0.6) is 11.6 Å². The van der Waals surface area contributed by atoms with Crippen LogP contribution in [0.15, 0.2) is 54.6 Å². The maximum atomic E-state index is 12.9. The molecule has 0 radical (unpaired) electrons. The second kappa shape index (κ2) is 9.02. The number of amides is 2. The van der Waals surface area contributed by atoms with Gasteiger partial charge in [0, 0.05) is 24.7 Å². The van der Waals surface area contributed by atoms with E-state index in [1.165, 1.54) is 0 Å². The zero-order chi connectivity index (χ0) is 22.0. The van der Waals surface area contributed by atoms with Crippen molar-refractivity contribution < 1.29 is 9.53 Å².